The Kier molecular flexibility index (Phi) is 4.72. The molecule has 1 aliphatic rings. The van der Waals surface area contributed by atoms with Crippen molar-refractivity contribution in [1.82, 2.24) is 9.97 Å². The van der Waals surface area contributed by atoms with Gasteiger partial charge < -0.3 is 5.32 Å². The van der Waals surface area contributed by atoms with Gasteiger partial charge in [0.1, 0.15) is 5.82 Å². The van der Waals surface area contributed by atoms with Gasteiger partial charge in [-0.3, -0.25) is 0 Å². The Balaban J connectivity index is 2.16. The van der Waals surface area contributed by atoms with Gasteiger partial charge in [-0.1, -0.05) is 13.3 Å². The Bertz CT molecular complexity index is 426. The maximum atomic E-state index is 13.9. The number of halogens is 1. The van der Waals surface area contributed by atoms with Crippen LogP contribution in [0.25, 0.3) is 0 Å². The number of aromatic nitrogens is 2. The first-order valence-electron chi connectivity index (χ1n) is 7.43. The number of rotatable bonds is 4. The van der Waals surface area contributed by atoms with Crippen molar-refractivity contribution in [3.8, 4) is 0 Å². The largest absolute Gasteiger partial charge is 0.368 e. The Hall–Kier alpha value is -1.19. The lowest BCUT2D eigenvalue weighted by Crippen LogP contribution is -2.17. The summed E-state index contributed by atoms with van der Waals surface area (Å²) in [5.74, 6) is 2.13. The zero-order valence-electron chi connectivity index (χ0n) is 12.2. The molecule has 1 heterocycles. The molecule has 1 fully saturated rings. The molecular formula is C15H24FN3. The maximum Gasteiger partial charge on any atom is 0.186 e. The fourth-order valence-electron chi connectivity index (χ4n) is 2.88. The van der Waals surface area contributed by atoms with Crippen LogP contribution >= 0.6 is 0 Å². The predicted molar refractivity (Wildman–Crippen MR) is 75.9 cm³/mol. The van der Waals surface area contributed by atoms with E-state index in [1.54, 1.807) is 6.92 Å². The first-order valence-corrected chi connectivity index (χ1v) is 7.43. The van der Waals surface area contributed by atoms with Crippen LogP contribution in [0.5, 0.6) is 0 Å². The van der Waals surface area contributed by atoms with Crippen LogP contribution in [0, 0.1) is 18.7 Å². The van der Waals surface area contributed by atoms with E-state index in [2.05, 4.69) is 22.2 Å². The molecule has 0 unspecified atom stereocenters. The first kappa shape index (κ1) is 14.2. The molecule has 1 aromatic rings. The summed E-state index contributed by atoms with van der Waals surface area (Å²) in [7, 11) is 0. The van der Waals surface area contributed by atoms with E-state index in [-0.39, 0.29) is 5.82 Å². The smallest absolute Gasteiger partial charge is 0.186 e. The van der Waals surface area contributed by atoms with Crippen LogP contribution in [0.2, 0.25) is 0 Å². The third-order valence-electron chi connectivity index (χ3n) is 4.17. The van der Waals surface area contributed by atoms with Crippen molar-refractivity contribution in [2.45, 2.75) is 58.8 Å². The van der Waals surface area contributed by atoms with Crippen LogP contribution in [0.3, 0.4) is 0 Å². The van der Waals surface area contributed by atoms with Crippen molar-refractivity contribution in [3.05, 3.63) is 17.3 Å². The van der Waals surface area contributed by atoms with Crippen LogP contribution < -0.4 is 5.32 Å². The molecule has 0 aliphatic heterocycles. The van der Waals surface area contributed by atoms with Gasteiger partial charge in [0.15, 0.2) is 11.6 Å². The lowest BCUT2D eigenvalue weighted by molar-refractivity contribution is 0.311. The highest BCUT2D eigenvalue weighted by atomic mass is 19.1. The quantitative estimate of drug-likeness (QED) is 0.892. The summed E-state index contributed by atoms with van der Waals surface area (Å²) in [5, 5.41) is 2.99. The van der Waals surface area contributed by atoms with Gasteiger partial charge in [-0.05, 0) is 45.4 Å². The van der Waals surface area contributed by atoms with E-state index in [9.17, 15) is 4.39 Å². The first-order chi connectivity index (χ1) is 9.15. The standard InChI is InChI=1S/C15H24FN3/c1-4-11-6-8-12(9-7-11)14-18-10(3)13(16)15(19-14)17-5-2/h11-12H,4-9H2,1-3H3,(H,17,18,19). The molecule has 1 aromatic heterocycles. The lowest BCUT2D eigenvalue weighted by Gasteiger charge is -2.27. The van der Waals surface area contributed by atoms with Gasteiger partial charge in [0.25, 0.3) is 0 Å². The number of hydrogen-bond donors (Lipinski definition) is 1. The highest BCUT2D eigenvalue weighted by Gasteiger charge is 2.24. The molecule has 0 radical (unpaired) electrons. The van der Waals surface area contributed by atoms with E-state index in [1.807, 2.05) is 6.92 Å². The van der Waals surface area contributed by atoms with Gasteiger partial charge in [0, 0.05) is 12.5 Å². The molecule has 0 spiro atoms. The second kappa shape index (κ2) is 6.31. The van der Waals surface area contributed by atoms with E-state index in [1.165, 1.54) is 19.3 Å². The molecule has 1 aliphatic carbocycles. The average molecular weight is 265 g/mol. The minimum absolute atomic E-state index is 0.312. The average Bonchev–Trinajstić information content (AvgIpc) is 2.44. The molecule has 0 aromatic carbocycles. The Labute approximate surface area is 115 Å². The Morgan fingerprint density at radius 1 is 1.16 bits per heavy atom. The van der Waals surface area contributed by atoms with Crippen LogP contribution in [-0.2, 0) is 0 Å². The molecule has 0 bridgehead atoms. The van der Waals surface area contributed by atoms with Crippen molar-refractivity contribution in [3.63, 3.8) is 0 Å². The van der Waals surface area contributed by atoms with Gasteiger partial charge in [0.05, 0.1) is 5.69 Å². The number of hydrogen-bond acceptors (Lipinski definition) is 3. The normalized spacial score (nSPS) is 23.4. The van der Waals surface area contributed by atoms with Crippen molar-refractivity contribution >= 4 is 5.82 Å². The topological polar surface area (TPSA) is 37.8 Å². The summed E-state index contributed by atoms with van der Waals surface area (Å²) < 4.78 is 13.9. The number of anilines is 1. The van der Waals surface area contributed by atoms with E-state index in [0.717, 1.165) is 24.6 Å². The van der Waals surface area contributed by atoms with Gasteiger partial charge in [-0.25, -0.2) is 14.4 Å². The second-order valence-corrected chi connectivity index (χ2v) is 5.49. The molecule has 2 rings (SSSR count). The summed E-state index contributed by atoms with van der Waals surface area (Å²) in [5.41, 5.74) is 0.457. The molecule has 0 amide bonds. The zero-order chi connectivity index (χ0) is 13.8. The van der Waals surface area contributed by atoms with Crippen molar-refractivity contribution < 1.29 is 4.39 Å². The third-order valence-corrected chi connectivity index (χ3v) is 4.17. The SMILES string of the molecule is CCNc1nc(C2CCC(CC)CC2)nc(C)c1F. The molecule has 106 valence electrons. The molecular weight excluding hydrogens is 241 g/mol. The van der Waals surface area contributed by atoms with E-state index >= 15 is 0 Å². The van der Waals surface area contributed by atoms with Gasteiger partial charge in [0.2, 0.25) is 0 Å². The fraction of sp³-hybridized carbons (Fsp3) is 0.733. The molecule has 0 atom stereocenters. The fourth-order valence-corrected chi connectivity index (χ4v) is 2.88. The van der Waals surface area contributed by atoms with Gasteiger partial charge >= 0.3 is 0 Å². The molecule has 1 saturated carbocycles. The molecule has 1 N–H and O–H groups in total. The van der Waals surface area contributed by atoms with Crippen LogP contribution in [0.15, 0.2) is 0 Å². The van der Waals surface area contributed by atoms with Gasteiger partial charge in [-0.2, -0.15) is 0 Å². The van der Waals surface area contributed by atoms with E-state index in [4.69, 9.17) is 0 Å². The maximum absolute atomic E-state index is 13.9. The number of nitrogens with one attached hydrogen (secondary N) is 1. The molecule has 19 heavy (non-hydrogen) atoms. The van der Waals surface area contributed by atoms with Crippen molar-refractivity contribution in [1.29, 1.82) is 0 Å². The summed E-state index contributed by atoms with van der Waals surface area (Å²) in [4.78, 5) is 8.76. The van der Waals surface area contributed by atoms with Gasteiger partial charge in [-0.15, -0.1) is 0 Å². The van der Waals surface area contributed by atoms with Crippen molar-refractivity contribution in [2.24, 2.45) is 5.92 Å². The number of nitrogens with zero attached hydrogens (tertiary/aromatic N) is 2. The van der Waals surface area contributed by atoms with E-state index in [0.29, 0.717) is 24.0 Å². The Morgan fingerprint density at radius 3 is 2.42 bits per heavy atom. The van der Waals surface area contributed by atoms with Crippen LogP contribution in [0.1, 0.15) is 63.4 Å². The highest BCUT2D eigenvalue weighted by molar-refractivity contribution is 5.38. The minimum Gasteiger partial charge on any atom is -0.368 e. The van der Waals surface area contributed by atoms with E-state index < -0.39 is 0 Å². The summed E-state index contributed by atoms with van der Waals surface area (Å²) in [6, 6.07) is 0. The third kappa shape index (κ3) is 3.23. The molecule has 3 nitrogen and oxygen atoms in total. The molecule has 4 heteroatoms. The lowest BCUT2D eigenvalue weighted by atomic mass is 9.80. The molecule has 0 saturated heterocycles. The van der Waals surface area contributed by atoms with Crippen LogP contribution in [0.4, 0.5) is 10.2 Å². The second-order valence-electron chi connectivity index (χ2n) is 5.49. The summed E-state index contributed by atoms with van der Waals surface area (Å²) in [6.45, 7) is 6.60. The number of aryl methyl sites for hydroxylation is 1. The zero-order valence-corrected chi connectivity index (χ0v) is 12.2. The van der Waals surface area contributed by atoms with Crippen LogP contribution in [-0.4, -0.2) is 16.5 Å². The highest BCUT2D eigenvalue weighted by Crippen LogP contribution is 2.36. The minimum atomic E-state index is -0.312. The summed E-state index contributed by atoms with van der Waals surface area (Å²) >= 11 is 0. The Morgan fingerprint density at radius 2 is 1.84 bits per heavy atom. The summed E-state index contributed by atoms with van der Waals surface area (Å²) in [6.07, 6.45) is 6.03. The van der Waals surface area contributed by atoms with Crippen molar-refractivity contribution in [2.75, 3.05) is 11.9 Å². The monoisotopic (exact) mass is 265 g/mol. The predicted octanol–water partition coefficient (Wildman–Crippen LogP) is 4.04.